The molecule has 0 saturated carbocycles. The van der Waals surface area contributed by atoms with Crippen molar-refractivity contribution in [3.8, 4) is 0 Å². The molecule has 1 atom stereocenters. The van der Waals surface area contributed by atoms with Crippen molar-refractivity contribution in [1.29, 1.82) is 0 Å². The van der Waals surface area contributed by atoms with E-state index in [1.807, 2.05) is 36.1 Å². The van der Waals surface area contributed by atoms with E-state index >= 15 is 0 Å². The molecule has 1 aromatic heterocycles. The zero-order chi connectivity index (χ0) is 18.5. The summed E-state index contributed by atoms with van der Waals surface area (Å²) in [4.78, 5) is 26.0. The molecule has 2 amide bonds. The van der Waals surface area contributed by atoms with Crippen molar-refractivity contribution in [2.75, 3.05) is 16.8 Å². The molecule has 0 spiro atoms. The van der Waals surface area contributed by atoms with Gasteiger partial charge in [0.05, 0.1) is 6.04 Å². The Kier molecular flexibility index (Phi) is 5.68. The van der Waals surface area contributed by atoms with Crippen molar-refractivity contribution in [1.82, 2.24) is 10.5 Å². The first-order chi connectivity index (χ1) is 12.6. The van der Waals surface area contributed by atoms with E-state index in [1.165, 1.54) is 0 Å². The third-order valence-electron chi connectivity index (χ3n) is 4.48. The van der Waals surface area contributed by atoms with Gasteiger partial charge in [-0.15, -0.1) is 0 Å². The van der Waals surface area contributed by atoms with Crippen molar-refractivity contribution in [2.24, 2.45) is 0 Å². The van der Waals surface area contributed by atoms with Gasteiger partial charge in [0.15, 0.2) is 5.82 Å². The van der Waals surface area contributed by atoms with Crippen molar-refractivity contribution in [3.05, 3.63) is 41.7 Å². The summed E-state index contributed by atoms with van der Waals surface area (Å²) in [7, 11) is 0. The Bertz CT molecular complexity index is 769. The lowest BCUT2D eigenvalue weighted by atomic mass is 10.1. The number of carbonyl (C=O) groups is 2. The molecule has 138 valence electrons. The van der Waals surface area contributed by atoms with Gasteiger partial charge in [-0.3, -0.25) is 9.59 Å². The second-order valence-electron chi connectivity index (χ2n) is 6.47. The quantitative estimate of drug-likeness (QED) is 0.796. The molecule has 0 unspecified atom stereocenters. The maximum Gasteiger partial charge on any atom is 0.242 e. The van der Waals surface area contributed by atoms with E-state index in [4.69, 9.17) is 4.52 Å². The summed E-state index contributed by atoms with van der Waals surface area (Å²) in [5.74, 6) is 1.12. The summed E-state index contributed by atoms with van der Waals surface area (Å²) in [6.07, 6.45) is 2.20. The van der Waals surface area contributed by atoms with Crippen LogP contribution in [-0.2, 0) is 16.1 Å². The molecule has 2 aromatic rings. The number of benzene rings is 1. The van der Waals surface area contributed by atoms with Crippen LogP contribution in [0.25, 0.3) is 0 Å². The number of nitrogens with zero attached hydrogens (tertiary/aromatic N) is 2. The van der Waals surface area contributed by atoms with Gasteiger partial charge >= 0.3 is 0 Å². The third kappa shape index (κ3) is 4.29. The van der Waals surface area contributed by atoms with Crippen LogP contribution >= 0.6 is 0 Å². The molecule has 7 nitrogen and oxygen atoms in total. The van der Waals surface area contributed by atoms with E-state index in [1.54, 1.807) is 13.0 Å². The lowest BCUT2D eigenvalue weighted by molar-refractivity contribution is -0.118. The molecule has 3 rings (SSSR count). The lowest BCUT2D eigenvalue weighted by Crippen LogP contribution is -2.39. The highest BCUT2D eigenvalue weighted by Crippen LogP contribution is 2.21. The average Bonchev–Trinajstić information content (AvgIpc) is 3.24. The van der Waals surface area contributed by atoms with Crippen LogP contribution in [0.1, 0.15) is 37.5 Å². The van der Waals surface area contributed by atoms with Gasteiger partial charge in [-0.2, -0.15) is 0 Å². The minimum Gasteiger partial charge on any atom is -0.360 e. The number of aromatic nitrogens is 1. The number of aryl methyl sites for hydroxylation is 1. The summed E-state index contributed by atoms with van der Waals surface area (Å²) in [5.41, 5.74) is 1.99. The Labute approximate surface area is 152 Å². The van der Waals surface area contributed by atoms with E-state index < -0.39 is 0 Å². The topological polar surface area (TPSA) is 87.5 Å². The molecule has 1 aromatic carbocycles. The molecular formula is C19H24N4O3. The minimum absolute atomic E-state index is 0.139. The van der Waals surface area contributed by atoms with E-state index in [0.717, 1.165) is 24.2 Å². The molecule has 1 saturated heterocycles. The fourth-order valence-corrected chi connectivity index (χ4v) is 3.02. The summed E-state index contributed by atoms with van der Waals surface area (Å²) in [5, 5.41) is 9.79. The zero-order valence-electron chi connectivity index (χ0n) is 15.1. The van der Waals surface area contributed by atoms with E-state index in [0.29, 0.717) is 31.0 Å². The van der Waals surface area contributed by atoms with Gasteiger partial charge in [0.1, 0.15) is 5.76 Å². The number of carbonyl (C=O) groups excluding carboxylic acids is 2. The van der Waals surface area contributed by atoms with Gasteiger partial charge in [-0.25, -0.2) is 0 Å². The van der Waals surface area contributed by atoms with Crippen molar-refractivity contribution >= 4 is 23.3 Å². The average molecular weight is 356 g/mol. The van der Waals surface area contributed by atoms with Crippen LogP contribution in [0.15, 0.2) is 34.9 Å². The molecule has 26 heavy (non-hydrogen) atoms. The Balaban J connectivity index is 1.54. The van der Waals surface area contributed by atoms with Crippen LogP contribution in [0.4, 0.5) is 11.5 Å². The first kappa shape index (κ1) is 18.1. The predicted octanol–water partition coefficient (Wildman–Crippen LogP) is 2.62. The fourth-order valence-electron chi connectivity index (χ4n) is 3.02. The molecule has 1 aliphatic rings. The highest BCUT2D eigenvalue weighted by atomic mass is 16.5. The normalized spacial score (nSPS) is 15.3. The molecule has 0 bridgehead atoms. The lowest BCUT2D eigenvalue weighted by Gasteiger charge is -2.18. The summed E-state index contributed by atoms with van der Waals surface area (Å²) >= 11 is 0. The minimum atomic E-state index is -0.327. The van der Waals surface area contributed by atoms with Crippen LogP contribution in [-0.4, -0.2) is 29.6 Å². The highest BCUT2D eigenvalue weighted by Gasteiger charge is 2.21. The Morgan fingerprint density at radius 3 is 2.69 bits per heavy atom. The molecule has 1 aliphatic heterocycles. The highest BCUT2D eigenvalue weighted by molar-refractivity contribution is 5.95. The third-order valence-corrected chi connectivity index (χ3v) is 4.48. The standard InChI is InChI=1S/C19H24N4O3/c1-3-16(19(25)21-17-11-13(2)26-22-17)20-12-14-6-8-15(9-7-14)23-10-4-5-18(23)24/h6-9,11,16,20H,3-5,10,12H2,1-2H3,(H,21,22,25)/t16-/m0/s1. The molecule has 1 fully saturated rings. The van der Waals surface area contributed by atoms with E-state index in [9.17, 15) is 9.59 Å². The molecule has 0 radical (unpaired) electrons. The molecule has 0 aliphatic carbocycles. The van der Waals surface area contributed by atoms with Crippen molar-refractivity contribution in [3.63, 3.8) is 0 Å². The van der Waals surface area contributed by atoms with Gasteiger partial charge in [-0.05, 0) is 37.5 Å². The van der Waals surface area contributed by atoms with Crippen LogP contribution in [0.2, 0.25) is 0 Å². The van der Waals surface area contributed by atoms with Crippen molar-refractivity contribution in [2.45, 2.75) is 45.7 Å². The molecule has 2 heterocycles. The predicted molar refractivity (Wildman–Crippen MR) is 98.8 cm³/mol. The fraction of sp³-hybridized carbons (Fsp3) is 0.421. The number of hydrogen-bond donors (Lipinski definition) is 2. The summed E-state index contributed by atoms with van der Waals surface area (Å²) < 4.78 is 4.96. The van der Waals surface area contributed by atoms with E-state index in [2.05, 4.69) is 15.8 Å². The first-order valence-electron chi connectivity index (χ1n) is 8.93. The second-order valence-corrected chi connectivity index (χ2v) is 6.47. The Morgan fingerprint density at radius 2 is 2.12 bits per heavy atom. The zero-order valence-corrected chi connectivity index (χ0v) is 15.1. The monoisotopic (exact) mass is 356 g/mol. The first-order valence-corrected chi connectivity index (χ1v) is 8.93. The second kappa shape index (κ2) is 8.14. The van der Waals surface area contributed by atoms with Gasteiger partial charge in [0.25, 0.3) is 0 Å². The Morgan fingerprint density at radius 1 is 1.35 bits per heavy atom. The van der Waals surface area contributed by atoms with Crippen molar-refractivity contribution < 1.29 is 14.1 Å². The number of nitrogens with one attached hydrogen (secondary N) is 2. The molecular weight excluding hydrogens is 332 g/mol. The smallest absolute Gasteiger partial charge is 0.242 e. The van der Waals surface area contributed by atoms with Gasteiger partial charge in [-0.1, -0.05) is 24.2 Å². The maximum absolute atomic E-state index is 12.3. The van der Waals surface area contributed by atoms with Crippen LogP contribution in [0.3, 0.4) is 0 Å². The number of anilines is 2. The van der Waals surface area contributed by atoms with E-state index in [-0.39, 0.29) is 17.9 Å². The number of rotatable bonds is 7. The van der Waals surface area contributed by atoms with Gasteiger partial charge in [0.2, 0.25) is 11.8 Å². The number of hydrogen-bond acceptors (Lipinski definition) is 5. The Hall–Kier alpha value is -2.67. The maximum atomic E-state index is 12.3. The van der Waals surface area contributed by atoms with Crippen LogP contribution in [0.5, 0.6) is 0 Å². The van der Waals surface area contributed by atoms with Gasteiger partial charge in [0, 0.05) is 31.3 Å². The van der Waals surface area contributed by atoms with Gasteiger partial charge < -0.3 is 20.1 Å². The van der Waals surface area contributed by atoms with Crippen LogP contribution in [0, 0.1) is 6.92 Å². The number of amides is 2. The SMILES string of the molecule is CC[C@H](NCc1ccc(N2CCCC2=O)cc1)C(=O)Nc1cc(C)on1. The van der Waals surface area contributed by atoms with Crippen LogP contribution < -0.4 is 15.5 Å². The summed E-state index contributed by atoms with van der Waals surface area (Å²) in [6, 6.07) is 9.24. The molecule has 2 N–H and O–H groups in total. The molecule has 7 heteroatoms. The largest absolute Gasteiger partial charge is 0.360 e. The summed E-state index contributed by atoms with van der Waals surface area (Å²) in [6.45, 7) is 5.08.